The number of sulfonamides is 1. The fourth-order valence-electron chi connectivity index (χ4n) is 2.82. The lowest BCUT2D eigenvalue weighted by molar-refractivity contribution is 0.112. The van der Waals surface area contributed by atoms with Gasteiger partial charge in [0.1, 0.15) is 12.1 Å². The molecule has 0 aromatic heterocycles. The normalized spacial score (nSPS) is 11.5. The summed E-state index contributed by atoms with van der Waals surface area (Å²) in [6.45, 7) is 1.85. The van der Waals surface area contributed by atoms with Crippen LogP contribution in [-0.2, 0) is 10.0 Å². The Morgan fingerprint density at radius 2 is 1.69 bits per heavy atom. The zero-order valence-corrected chi connectivity index (χ0v) is 16.6. The minimum atomic E-state index is -3.89. The molecule has 0 unspecified atom stereocenters. The molecule has 0 amide bonds. The monoisotopic (exact) mass is 409 g/mol. The molecule has 6 heteroatoms. The highest BCUT2D eigenvalue weighted by Gasteiger charge is 2.24. The SMILES string of the molecule is Cc1ccc(S(=O)(=O)N(CC=Cc2ccccc2F)c2cccc(C=O)c2)cc1. The number of halogens is 1. The fraction of sp³-hybridized carbons (Fsp3) is 0.0870. The van der Waals surface area contributed by atoms with E-state index in [9.17, 15) is 17.6 Å². The number of carbonyl (C=O) groups is 1. The summed E-state index contributed by atoms with van der Waals surface area (Å²) in [6, 6.07) is 19.1. The second-order valence-electron chi connectivity index (χ2n) is 6.49. The second-order valence-corrected chi connectivity index (χ2v) is 8.35. The maximum atomic E-state index is 13.9. The van der Waals surface area contributed by atoms with E-state index in [4.69, 9.17) is 0 Å². The van der Waals surface area contributed by atoms with E-state index in [2.05, 4.69) is 0 Å². The fourth-order valence-corrected chi connectivity index (χ4v) is 4.23. The summed E-state index contributed by atoms with van der Waals surface area (Å²) in [5, 5.41) is 0. The van der Waals surface area contributed by atoms with Crippen LogP contribution in [0, 0.1) is 12.7 Å². The summed E-state index contributed by atoms with van der Waals surface area (Å²) in [4.78, 5) is 11.3. The van der Waals surface area contributed by atoms with Crippen molar-refractivity contribution in [2.75, 3.05) is 10.8 Å². The first kappa shape index (κ1) is 20.5. The standard InChI is InChI=1S/C23H20FNO3S/c1-18-11-13-22(14-12-18)29(27,28)25(21-9-4-6-19(16-21)17-26)15-5-8-20-7-2-3-10-23(20)24/h2-14,16-17H,15H2,1H3. The second kappa shape index (κ2) is 8.84. The molecule has 29 heavy (non-hydrogen) atoms. The van der Waals surface area contributed by atoms with Crippen molar-refractivity contribution >= 4 is 28.1 Å². The molecule has 0 heterocycles. The molecular weight excluding hydrogens is 389 g/mol. The van der Waals surface area contributed by atoms with Gasteiger partial charge in [0.05, 0.1) is 17.1 Å². The van der Waals surface area contributed by atoms with E-state index in [-0.39, 0.29) is 17.3 Å². The van der Waals surface area contributed by atoms with Crippen molar-refractivity contribution in [2.45, 2.75) is 11.8 Å². The Bertz CT molecular complexity index is 1140. The molecule has 0 radical (unpaired) electrons. The molecule has 0 N–H and O–H groups in total. The van der Waals surface area contributed by atoms with E-state index in [1.165, 1.54) is 22.5 Å². The molecule has 0 spiro atoms. The maximum Gasteiger partial charge on any atom is 0.264 e. The van der Waals surface area contributed by atoms with Crippen molar-refractivity contribution < 1.29 is 17.6 Å². The first-order chi connectivity index (χ1) is 13.9. The molecule has 0 aliphatic rings. The van der Waals surface area contributed by atoms with E-state index >= 15 is 0 Å². The van der Waals surface area contributed by atoms with Gasteiger partial charge in [0, 0.05) is 11.1 Å². The van der Waals surface area contributed by atoms with Crippen LogP contribution in [0.2, 0.25) is 0 Å². The predicted octanol–water partition coefficient (Wildman–Crippen LogP) is 4.86. The minimum Gasteiger partial charge on any atom is -0.298 e. The zero-order valence-electron chi connectivity index (χ0n) is 15.8. The highest BCUT2D eigenvalue weighted by atomic mass is 32.2. The number of carbonyl (C=O) groups excluding carboxylic acids is 1. The third-order valence-electron chi connectivity index (χ3n) is 4.38. The van der Waals surface area contributed by atoms with Crippen LogP contribution in [0.25, 0.3) is 6.08 Å². The summed E-state index contributed by atoms with van der Waals surface area (Å²) >= 11 is 0. The lowest BCUT2D eigenvalue weighted by Crippen LogP contribution is -2.31. The lowest BCUT2D eigenvalue weighted by Gasteiger charge is -2.23. The van der Waals surface area contributed by atoms with Crippen molar-refractivity contribution in [1.82, 2.24) is 0 Å². The Morgan fingerprint density at radius 3 is 2.38 bits per heavy atom. The molecule has 3 aromatic carbocycles. The van der Waals surface area contributed by atoms with Gasteiger partial charge in [-0.3, -0.25) is 9.10 Å². The topological polar surface area (TPSA) is 54.5 Å². The van der Waals surface area contributed by atoms with Crippen molar-refractivity contribution in [3.05, 3.63) is 101 Å². The van der Waals surface area contributed by atoms with Crippen molar-refractivity contribution in [2.24, 2.45) is 0 Å². The summed E-state index contributed by atoms with van der Waals surface area (Å²) < 4.78 is 41.6. The van der Waals surface area contributed by atoms with Gasteiger partial charge in [0.2, 0.25) is 0 Å². The number of aryl methyl sites for hydroxylation is 1. The molecule has 4 nitrogen and oxygen atoms in total. The molecule has 0 aliphatic carbocycles. The van der Waals surface area contributed by atoms with Crippen LogP contribution in [0.3, 0.4) is 0 Å². The first-order valence-electron chi connectivity index (χ1n) is 8.97. The minimum absolute atomic E-state index is 0.0210. The van der Waals surface area contributed by atoms with Gasteiger partial charge in [-0.25, -0.2) is 12.8 Å². The Labute approximate surface area is 170 Å². The van der Waals surface area contributed by atoms with Gasteiger partial charge in [0.25, 0.3) is 10.0 Å². The van der Waals surface area contributed by atoms with Crippen LogP contribution < -0.4 is 4.31 Å². The number of anilines is 1. The molecule has 0 aliphatic heterocycles. The van der Waals surface area contributed by atoms with Crippen LogP contribution in [0.5, 0.6) is 0 Å². The molecule has 3 aromatic rings. The number of hydrogen-bond acceptors (Lipinski definition) is 3. The van der Waals surface area contributed by atoms with E-state index in [0.29, 0.717) is 23.1 Å². The van der Waals surface area contributed by atoms with Gasteiger partial charge in [0.15, 0.2) is 0 Å². The highest BCUT2D eigenvalue weighted by molar-refractivity contribution is 7.92. The summed E-state index contributed by atoms with van der Waals surface area (Å²) in [7, 11) is -3.89. The number of aldehydes is 1. The van der Waals surface area contributed by atoms with Crippen molar-refractivity contribution in [3.63, 3.8) is 0 Å². The van der Waals surface area contributed by atoms with Gasteiger partial charge in [-0.15, -0.1) is 0 Å². The lowest BCUT2D eigenvalue weighted by atomic mass is 10.2. The number of rotatable bonds is 7. The largest absolute Gasteiger partial charge is 0.298 e. The summed E-state index contributed by atoms with van der Waals surface area (Å²) in [5.41, 5.74) is 2.03. The molecule has 0 atom stereocenters. The number of nitrogens with zero attached hydrogens (tertiary/aromatic N) is 1. The Balaban J connectivity index is 2.00. The summed E-state index contributed by atoms with van der Waals surface area (Å²) in [6.07, 6.45) is 3.78. The Morgan fingerprint density at radius 1 is 0.966 bits per heavy atom. The van der Waals surface area contributed by atoms with Crippen molar-refractivity contribution in [1.29, 1.82) is 0 Å². The van der Waals surface area contributed by atoms with E-state index in [0.717, 1.165) is 5.56 Å². The van der Waals surface area contributed by atoms with Crippen LogP contribution in [0.1, 0.15) is 21.5 Å². The van der Waals surface area contributed by atoms with Gasteiger partial charge in [-0.1, -0.05) is 60.2 Å². The van der Waals surface area contributed by atoms with Crippen LogP contribution >= 0.6 is 0 Å². The van der Waals surface area contributed by atoms with Gasteiger partial charge in [-0.05, 0) is 37.3 Å². The summed E-state index contributed by atoms with van der Waals surface area (Å²) in [5.74, 6) is -0.389. The number of benzene rings is 3. The quantitative estimate of drug-likeness (QED) is 0.524. The van der Waals surface area contributed by atoms with Crippen molar-refractivity contribution in [3.8, 4) is 0 Å². The highest BCUT2D eigenvalue weighted by Crippen LogP contribution is 2.25. The predicted molar refractivity (Wildman–Crippen MR) is 113 cm³/mol. The van der Waals surface area contributed by atoms with Gasteiger partial charge >= 0.3 is 0 Å². The van der Waals surface area contributed by atoms with E-state index in [1.807, 2.05) is 6.92 Å². The van der Waals surface area contributed by atoms with Crippen LogP contribution in [0.4, 0.5) is 10.1 Å². The van der Waals surface area contributed by atoms with Crippen LogP contribution in [-0.4, -0.2) is 21.2 Å². The average molecular weight is 409 g/mol. The van der Waals surface area contributed by atoms with Crippen LogP contribution in [0.15, 0.2) is 83.8 Å². The maximum absolute atomic E-state index is 13.9. The molecule has 0 bridgehead atoms. The van der Waals surface area contributed by atoms with E-state index in [1.54, 1.807) is 66.7 Å². The van der Waals surface area contributed by atoms with Gasteiger partial charge < -0.3 is 0 Å². The number of hydrogen-bond donors (Lipinski definition) is 0. The molecule has 0 saturated heterocycles. The molecule has 3 rings (SSSR count). The third-order valence-corrected chi connectivity index (χ3v) is 6.19. The smallest absolute Gasteiger partial charge is 0.264 e. The molecule has 148 valence electrons. The molecular formula is C23H20FNO3S. The van der Waals surface area contributed by atoms with Gasteiger partial charge in [-0.2, -0.15) is 0 Å². The zero-order chi connectivity index (χ0) is 20.9. The first-order valence-corrected chi connectivity index (χ1v) is 10.4. The molecule has 0 saturated carbocycles. The third kappa shape index (κ3) is 4.78. The Kier molecular flexibility index (Phi) is 6.24. The molecule has 0 fully saturated rings. The average Bonchev–Trinajstić information content (AvgIpc) is 2.72. The van der Waals surface area contributed by atoms with E-state index < -0.39 is 10.0 Å². The Hall–Kier alpha value is -3.25.